The van der Waals surface area contributed by atoms with Crippen LogP contribution in [0.3, 0.4) is 0 Å². The average Bonchev–Trinajstić information content (AvgIpc) is 2.56. The molecule has 1 rings (SSSR count). The molecule has 0 spiro atoms. The van der Waals surface area contributed by atoms with Crippen LogP contribution in [-0.2, 0) is 20.9 Å². The van der Waals surface area contributed by atoms with Crippen molar-refractivity contribution < 1.29 is 28.5 Å². The van der Waals surface area contributed by atoms with Crippen molar-refractivity contribution >= 4 is 11.9 Å². The summed E-state index contributed by atoms with van der Waals surface area (Å²) in [6, 6.07) is 2.76. The van der Waals surface area contributed by atoms with Crippen LogP contribution in [0.5, 0.6) is 17.2 Å². The van der Waals surface area contributed by atoms with E-state index in [4.69, 9.17) is 18.9 Å². The van der Waals surface area contributed by atoms with E-state index in [9.17, 15) is 9.59 Å². The number of nitrogens with one attached hydrogen (secondary N) is 1. The Morgan fingerprint density at radius 1 is 1.04 bits per heavy atom. The Morgan fingerprint density at radius 2 is 1.60 bits per heavy atom. The maximum Gasteiger partial charge on any atom is 0.328 e. The van der Waals surface area contributed by atoms with Crippen LogP contribution in [0.4, 0.5) is 0 Å². The minimum absolute atomic E-state index is 0.0315. The molecule has 1 N–H and O–H groups in total. The second-order valence-electron chi connectivity index (χ2n) is 6.02. The maximum absolute atomic E-state index is 12.3. The van der Waals surface area contributed by atoms with Crippen LogP contribution >= 0.6 is 0 Å². The molecule has 0 radical (unpaired) electrons. The lowest BCUT2D eigenvalue weighted by Crippen LogP contribution is -2.41. The van der Waals surface area contributed by atoms with Crippen LogP contribution in [0.15, 0.2) is 12.1 Å². The van der Waals surface area contributed by atoms with E-state index in [1.807, 2.05) is 13.8 Å². The second-order valence-corrected chi connectivity index (χ2v) is 6.02. The SMILES string of the molecule is COc1cc(COC(=O)[C@H](CC(C)C)NC(C)=O)cc(OC)c1OC. The molecule has 0 bridgehead atoms. The van der Waals surface area contributed by atoms with E-state index >= 15 is 0 Å². The molecule has 0 saturated heterocycles. The number of methoxy groups -OCH3 is 3. The smallest absolute Gasteiger partial charge is 0.328 e. The van der Waals surface area contributed by atoms with Gasteiger partial charge in [0.15, 0.2) is 11.5 Å². The predicted molar refractivity (Wildman–Crippen MR) is 93.0 cm³/mol. The Kier molecular flexibility index (Phi) is 8.04. The van der Waals surface area contributed by atoms with Gasteiger partial charge in [-0.15, -0.1) is 0 Å². The Bertz CT molecular complexity index is 574. The second kappa shape index (κ2) is 9.76. The van der Waals surface area contributed by atoms with Gasteiger partial charge in [-0.3, -0.25) is 4.79 Å². The molecule has 0 fully saturated rings. The third kappa shape index (κ3) is 6.17. The molecule has 0 aromatic heterocycles. The summed E-state index contributed by atoms with van der Waals surface area (Å²) in [5.41, 5.74) is 0.689. The van der Waals surface area contributed by atoms with Crippen molar-refractivity contribution in [2.75, 3.05) is 21.3 Å². The van der Waals surface area contributed by atoms with E-state index in [0.717, 1.165) is 0 Å². The summed E-state index contributed by atoms with van der Waals surface area (Å²) in [6.07, 6.45) is 0.508. The van der Waals surface area contributed by atoms with E-state index in [0.29, 0.717) is 29.2 Å². The molecule has 7 nitrogen and oxygen atoms in total. The summed E-state index contributed by atoms with van der Waals surface area (Å²) >= 11 is 0. The topological polar surface area (TPSA) is 83.1 Å². The van der Waals surface area contributed by atoms with Gasteiger partial charge in [0.1, 0.15) is 12.6 Å². The van der Waals surface area contributed by atoms with Gasteiger partial charge < -0.3 is 24.3 Å². The number of esters is 1. The molecule has 0 aliphatic carbocycles. The molecule has 1 aromatic carbocycles. The molecule has 1 amide bonds. The molecule has 0 aliphatic rings. The van der Waals surface area contributed by atoms with Crippen LogP contribution in [-0.4, -0.2) is 39.2 Å². The van der Waals surface area contributed by atoms with E-state index in [1.165, 1.54) is 28.3 Å². The van der Waals surface area contributed by atoms with E-state index < -0.39 is 12.0 Å². The lowest BCUT2D eigenvalue weighted by atomic mass is 10.0. The third-order valence-electron chi connectivity index (χ3n) is 3.47. The van der Waals surface area contributed by atoms with Crippen LogP contribution in [0.25, 0.3) is 0 Å². The number of carbonyl (C=O) groups excluding carboxylic acids is 2. The van der Waals surface area contributed by atoms with Gasteiger partial charge in [-0.25, -0.2) is 4.79 Å². The minimum Gasteiger partial charge on any atom is -0.493 e. The van der Waals surface area contributed by atoms with Gasteiger partial charge in [0.05, 0.1) is 21.3 Å². The zero-order valence-corrected chi connectivity index (χ0v) is 15.7. The van der Waals surface area contributed by atoms with Gasteiger partial charge in [-0.2, -0.15) is 0 Å². The summed E-state index contributed by atoms with van der Waals surface area (Å²) in [6.45, 7) is 5.35. The fourth-order valence-corrected chi connectivity index (χ4v) is 2.40. The van der Waals surface area contributed by atoms with Crippen molar-refractivity contribution in [1.29, 1.82) is 0 Å². The molecule has 0 saturated carbocycles. The quantitative estimate of drug-likeness (QED) is 0.686. The van der Waals surface area contributed by atoms with E-state index in [2.05, 4.69) is 5.32 Å². The highest BCUT2D eigenvalue weighted by Gasteiger charge is 2.22. The number of ether oxygens (including phenoxy) is 4. The average molecular weight is 353 g/mol. The number of hydrogen-bond acceptors (Lipinski definition) is 6. The highest BCUT2D eigenvalue weighted by Crippen LogP contribution is 2.38. The van der Waals surface area contributed by atoms with Gasteiger partial charge in [-0.05, 0) is 30.0 Å². The summed E-state index contributed by atoms with van der Waals surface area (Å²) in [5.74, 6) is 0.927. The van der Waals surface area contributed by atoms with E-state index in [-0.39, 0.29) is 18.4 Å². The first-order chi connectivity index (χ1) is 11.8. The molecular formula is C18H27NO6. The van der Waals surface area contributed by atoms with Crippen LogP contribution in [0, 0.1) is 5.92 Å². The van der Waals surface area contributed by atoms with Crippen LogP contribution in [0.2, 0.25) is 0 Å². The molecule has 0 heterocycles. The highest BCUT2D eigenvalue weighted by molar-refractivity contribution is 5.83. The number of hydrogen-bond donors (Lipinski definition) is 1. The first-order valence-electron chi connectivity index (χ1n) is 8.04. The lowest BCUT2D eigenvalue weighted by molar-refractivity contribution is -0.149. The van der Waals surface area contributed by atoms with Gasteiger partial charge in [-0.1, -0.05) is 13.8 Å². The Hall–Kier alpha value is -2.44. The van der Waals surface area contributed by atoms with Gasteiger partial charge in [0.25, 0.3) is 0 Å². The number of benzene rings is 1. The lowest BCUT2D eigenvalue weighted by Gasteiger charge is -2.19. The molecule has 1 aromatic rings. The molecule has 0 unspecified atom stereocenters. The fourth-order valence-electron chi connectivity index (χ4n) is 2.40. The normalized spacial score (nSPS) is 11.6. The monoisotopic (exact) mass is 353 g/mol. The Morgan fingerprint density at radius 3 is 2.00 bits per heavy atom. The van der Waals surface area contributed by atoms with Crippen molar-refractivity contribution in [1.82, 2.24) is 5.32 Å². The van der Waals surface area contributed by atoms with E-state index in [1.54, 1.807) is 12.1 Å². The maximum atomic E-state index is 12.3. The Labute approximate surface area is 148 Å². The van der Waals surface area contributed by atoms with Crippen molar-refractivity contribution in [3.8, 4) is 17.2 Å². The molecule has 25 heavy (non-hydrogen) atoms. The van der Waals surface area contributed by atoms with Gasteiger partial charge in [0, 0.05) is 6.92 Å². The van der Waals surface area contributed by atoms with Crippen molar-refractivity contribution in [2.45, 2.75) is 39.8 Å². The number of carbonyl (C=O) groups is 2. The van der Waals surface area contributed by atoms with Crippen LogP contribution < -0.4 is 19.5 Å². The molecule has 1 atom stereocenters. The first kappa shape index (κ1) is 20.6. The molecule has 140 valence electrons. The van der Waals surface area contributed by atoms with Crippen LogP contribution in [0.1, 0.15) is 32.8 Å². The van der Waals surface area contributed by atoms with Gasteiger partial charge in [0.2, 0.25) is 11.7 Å². The number of amides is 1. The summed E-state index contributed by atoms with van der Waals surface area (Å²) in [7, 11) is 4.55. The number of rotatable bonds is 9. The van der Waals surface area contributed by atoms with Crippen molar-refractivity contribution in [3.05, 3.63) is 17.7 Å². The van der Waals surface area contributed by atoms with Crippen molar-refractivity contribution in [2.24, 2.45) is 5.92 Å². The van der Waals surface area contributed by atoms with Crippen molar-refractivity contribution in [3.63, 3.8) is 0 Å². The third-order valence-corrected chi connectivity index (χ3v) is 3.47. The highest BCUT2D eigenvalue weighted by atomic mass is 16.5. The van der Waals surface area contributed by atoms with Gasteiger partial charge >= 0.3 is 5.97 Å². The molecular weight excluding hydrogens is 326 g/mol. The zero-order chi connectivity index (χ0) is 19.0. The summed E-state index contributed by atoms with van der Waals surface area (Å²) < 4.78 is 21.2. The molecule has 0 aliphatic heterocycles. The largest absolute Gasteiger partial charge is 0.493 e. The Balaban J connectivity index is 2.87. The minimum atomic E-state index is -0.667. The first-order valence-corrected chi connectivity index (χ1v) is 8.04. The predicted octanol–water partition coefficient (Wildman–Crippen LogP) is 2.31. The summed E-state index contributed by atoms with van der Waals surface area (Å²) in [5, 5.41) is 2.63. The zero-order valence-electron chi connectivity index (χ0n) is 15.7. The molecule has 7 heteroatoms. The summed E-state index contributed by atoms with van der Waals surface area (Å²) in [4.78, 5) is 23.6. The fraction of sp³-hybridized carbons (Fsp3) is 0.556. The standard InChI is InChI=1S/C18H27NO6/c1-11(2)7-14(19-12(3)20)18(21)25-10-13-8-15(22-4)17(24-6)16(9-13)23-5/h8-9,11,14H,7,10H2,1-6H3,(H,19,20)/t14-/m0/s1.